The van der Waals surface area contributed by atoms with Crippen molar-refractivity contribution in [3.63, 3.8) is 0 Å². The third-order valence-corrected chi connectivity index (χ3v) is 4.87. The fourth-order valence-corrected chi connectivity index (χ4v) is 3.46. The predicted molar refractivity (Wildman–Crippen MR) is 83.8 cm³/mol. The molecule has 4 nitrogen and oxygen atoms in total. The van der Waals surface area contributed by atoms with Crippen LogP contribution < -0.4 is 5.32 Å². The molecule has 4 heteroatoms. The Morgan fingerprint density at radius 1 is 0.952 bits per heavy atom. The molecule has 2 aliphatic rings. The maximum atomic E-state index is 12.7. The van der Waals surface area contributed by atoms with Crippen LogP contribution >= 0.6 is 0 Å². The van der Waals surface area contributed by atoms with Gasteiger partial charge in [-0.25, -0.2) is 0 Å². The van der Waals surface area contributed by atoms with Gasteiger partial charge in [0.1, 0.15) is 6.04 Å². The lowest BCUT2D eigenvalue weighted by Crippen LogP contribution is -2.53. The van der Waals surface area contributed by atoms with Crippen LogP contribution in [-0.4, -0.2) is 35.8 Å². The molecule has 0 radical (unpaired) electrons. The lowest BCUT2D eigenvalue weighted by Gasteiger charge is -2.33. The molecule has 0 bridgehead atoms. The van der Waals surface area contributed by atoms with Crippen molar-refractivity contribution in [3.05, 3.63) is 0 Å². The van der Waals surface area contributed by atoms with E-state index in [9.17, 15) is 9.59 Å². The van der Waals surface area contributed by atoms with E-state index in [0.717, 1.165) is 51.6 Å². The molecule has 120 valence electrons. The summed E-state index contributed by atoms with van der Waals surface area (Å²) in [6.07, 6.45) is 8.88. The van der Waals surface area contributed by atoms with Gasteiger partial charge < -0.3 is 10.2 Å². The number of hydrogen-bond donors (Lipinski definition) is 1. The molecule has 2 amide bonds. The summed E-state index contributed by atoms with van der Waals surface area (Å²) in [5.41, 5.74) is 0. The topological polar surface area (TPSA) is 49.4 Å². The summed E-state index contributed by atoms with van der Waals surface area (Å²) in [7, 11) is 0. The lowest BCUT2D eigenvalue weighted by molar-refractivity contribution is -0.139. The van der Waals surface area contributed by atoms with Gasteiger partial charge >= 0.3 is 0 Å². The van der Waals surface area contributed by atoms with Crippen LogP contribution in [-0.2, 0) is 9.59 Å². The minimum Gasteiger partial charge on any atom is -0.344 e. The molecule has 1 heterocycles. The number of nitrogens with one attached hydrogen (secondary N) is 1. The van der Waals surface area contributed by atoms with Gasteiger partial charge in [-0.05, 0) is 38.0 Å². The first-order valence-electron chi connectivity index (χ1n) is 8.68. The Bertz CT molecular complexity index is 356. The van der Waals surface area contributed by atoms with Crippen LogP contribution in [0.2, 0.25) is 0 Å². The van der Waals surface area contributed by atoms with Crippen molar-refractivity contribution in [2.24, 2.45) is 11.8 Å². The van der Waals surface area contributed by atoms with E-state index in [4.69, 9.17) is 0 Å². The molecule has 1 aliphatic carbocycles. The number of carbonyl (C=O) groups excluding carboxylic acids is 2. The molecule has 2 fully saturated rings. The smallest absolute Gasteiger partial charge is 0.245 e. The number of piperidine rings is 1. The van der Waals surface area contributed by atoms with E-state index < -0.39 is 0 Å². The van der Waals surface area contributed by atoms with E-state index in [1.54, 1.807) is 0 Å². The van der Waals surface area contributed by atoms with Crippen molar-refractivity contribution in [2.75, 3.05) is 13.1 Å². The summed E-state index contributed by atoms with van der Waals surface area (Å²) in [4.78, 5) is 27.0. The van der Waals surface area contributed by atoms with Crippen LogP contribution in [0.4, 0.5) is 0 Å². The minimum atomic E-state index is -0.350. The van der Waals surface area contributed by atoms with Crippen LogP contribution in [0.1, 0.15) is 65.2 Å². The Morgan fingerprint density at radius 3 is 2.10 bits per heavy atom. The van der Waals surface area contributed by atoms with Crippen molar-refractivity contribution in [2.45, 2.75) is 71.3 Å². The molecule has 0 aromatic carbocycles. The van der Waals surface area contributed by atoms with E-state index in [0.29, 0.717) is 0 Å². The third kappa shape index (κ3) is 4.45. The maximum absolute atomic E-state index is 12.7. The summed E-state index contributed by atoms with van der Waals surface area (Å²) >= 11 is 0. The highest BCUT2D eigenvalue weighted by atomic mass is 16.2. The monoisotopic (exact) mass is 294 g/mol. The van der Waals surface area contributed by atoms with E-state index >= 15 is 0 Å². The first-order chi connectivity index (χ1) is 10.1. The highest BCUT2D eigenvalue weighted by Gasteiger charge is 2.31. The third-order valence-electron chi connectivity index (χ3n) is 4.87. The normalized spacial score (nSPS) is 22.1. The van der Waals surface area contributed by atoms with Crippen LogP contribution in [0.15, 0.2) is 0 Å². The van der Waals surface area contributed by atoms with E-state index in [-0.39, 0.29) is 29.7 Å². The molecule has 1 saturated carbocycles. The van der Waals surface area contributed by atoms with Crippen LogP contribution in [0, 0.1) is 11.8 Å². The first kappa shape index (κ1) is 16.3. The number of amides is 2. The van der Waals surface area contributed by atoms with Gasteiger partial charge in [-0.2, -0.15) is 0 Å². The Labute approximate surface area is 128 Å². The quantitative estimate of drug-likeness (QED) is 0.866. The molecular weight excluding hydrogens is 264 g/mol. The lowest BCUT2D eigenvalue weighted by atomic mass is 9.88. The molecule has 0 unspecified atom stereocenters. The van der Waals surface area contributed by atoms with Gasteiger partial charge in [-0.15, -0.1) is 0 Å². The summed E-state index contributed by atoms with van der Waals surface area (Å²) in [6.45, 7) is 5.74. The van der Waals surface area contributed by atoms with Gasteiger partial charge in [0.2, 0.25) is 11.8 Å². The fourth-order valence-electron chi connectivity index (χ4n) is 3.46. The van der Waals surface area contributed by atoms with Gasteiger partial charge in [0.25, 0.3) is 0 Å². The molecule has 1 saturated heterocycles. The van der Waals surface area contributed by atoms with Crippen molar-refractivity contribution < 1.29 is 9.59 Å². The largest absolute Gasteiger partial charge is 0.344 e. The average Bonchev–Trinajstić information content (AvgIpc) is 2.53. The zero-order valence-electron chi connectivity index (χ0n) is 13.6. The van der Waals surface area contributed by atoms with Crippen molar-refractivity contribution in [1.29, 1.82) is 0 Å². The highest BCUT2D eigenvalue weighted by molar-refractivity contribution is 5.88. The zero-order valence-corrected chi connectivity index (χ0v) is 13.6. The second-order valence-electron chi connectivity index (χ2n) is 6.95. The molecule has 0 aromatic rings. The van der Waals surface area contributed by atoms with Gasteiger partial charge in [0.05, 0.1) is 0 Å². The Balaban J connectivity index is 1.94. The van der Waals surface area contributed by atoms with Crippen LogP contribution in [0.25, 0.3) is 0 Å². The molecule has 1 N–H and O–H groups in total. The maximum Gasteiger partial charge on any atom is 0.245 e. The molecule has 0 aromatic heterocycles. The molecule has 1 aliphatic heterocycles. The fraction of sp³-hybridized carbons (Fsp3) is 0.882. The Kier molecular flexibility index (Phi) is 6.07. The standard InChI is InChI=1S/C17H30N2O2/c1-13(2)15(17(21)19-11-7-4-8-12-19)18-16(20)14-9-5-3-6-10-14/h13-15H,3-12H2,1-2H3,(H,18,20)/t15-/m0/s1. The Hall–Kier alpha value is -1.06. The second kappa shape index (κ2) is 7.81. The summed E-state index contributed by atoms with van der Waals surface area (Å²) in [5.74, 6) is 0.480. The first-order valence-corrected chi connectivity index (χ1v) is 8.68. The molecule has 0 spiro atoms. The van der Waals surface area contributed by atoms with E-state index in [1.165, 1.54) is 12.8 Å². The highest BCUT2D eigenvalue weighted by Crippen LogP contribution is 2.24. The predicted octanol–water partition coefficient (Wildman–Crippen LogP) is 2.72. The van der Waals surface area contributed by atoms with Crippen LogP contribution in [0.5, 0.6) is 0 Å². The number of carbonyl (C=O) groups is 2. The summed E-state index contributed by atoms with van der Waals surface area (Å²) < 4.78 is 0. The van der Waals surface area contributed by atoms with Crippen molar-refractivity contribution >= 4 is 11.8 Å². The number of nitrogens with zero attached hydrogens (tertiary/aromatic N) is 1. The van der Waals surface area contributed by atoms with Crippen molar-refractivity contribution in [1.82, 2.24) is 10.2 Å². The zero-order chi connectivity index (χ0) is 15.2. The van der Waals surface area contributed by atoms with Crippen LogP contribution in [0.3, 0.4) is 0 Å². The average molecular weight is 294 g/mol. The number of hydrogen-bond acceptors (Lipinski definition) is 2. The summed E-state index contributed by atoms with van der Waals surface area (Å²) in [6, 6.07) is -0.350. The van der Waals surface area contributed by atoms with Gasteiger partial charge in [-0.3, -0.25) is 9.59 Å². The molecule has 2 rings (SSSR count). The van der Waals surface area contributed by atoms with E-state index in [1.807, 2.05) is 18.7 Å². The molecule has 1 atom stereocenters. The van der Waals surface area contributed by atoms with Gasteiger partial charge in [0.15, 0.2) is 0 Å². The van der Waals surface area contributed by atoms with Gasteiger partial charge in [-0.1, -0.05) is 33.1 Å². The SMILES string of the molecule is CC(C)[C@H](NC(=O)C1CCCCC1)C(=O)N1CCCCC1. The minimum absolute atomic E-state index is 0.0961. The molecule has 21 heavy (non-hydrogen) atoms. The number of likely N-dealkylation sites (tertiary alicyclic amines) is 1. The second-order valence-corrected chi connectivity index (χ2v) is 6.95. The van der Waals surface area contributed by atoms with Gasteiger partial charge in [0, 0.05) is 19.0 Å². The summed E-state index contributed by atoms with van der Waals surface area (Å²) in [5, 5.41) is 3.05. The number of rotatable bonds is 4. The Morgan fingerprint density at radius 2 is 1.52 bits per heavy atom. The van der Waals surface area contributed by atoms with Crippen molar-refractivity contribution in [3.8, 4) is 0 Å². The molecular formula is C17H30N2O2. The van der Waals surface area contributed by atoms with E-state index in [2.05, 4.69) is 5.32 Å².